The van der Waals surface area contributed by atoms with Gasteiger partial charge in [-0.2, -0.15) is 41.3 Å². The van der Waals surface area contributed by atoms with Gasteiger partial charge in [0.05, 0.1) is 5.69 Å². The molecule has 0 radical (unpaired) electrons. The van der Waals surface area contributed by atoms with Crippen LogP contribution in [0.3, 0.4) is 0 Å². The van der Waals surface area contributed by atoms with Gasteiger partial charge in [-0.3, -0.25) is 5.21 Å². The maximum Gasteiger partial charge on any atom is 0.434 e. The molecule has 0 aliphatic carbocycles. The van der Waals surface area contributed by atoms with Crippen molar-refractivity contribution in [2.75, 3.05) is 22.4 Å². The molecule has 1 aromatic carbocycles. The number of nitrogens with zero attached hydrogens (tertiary/aromatic N) is 4. The van der Waals surface area contributed by atoms with Crippen LogP contribution in [-0.2, 0) is 0 Å². The highest BCUT2D eigenvalue weighted by Gasteiger charge is 2.59. The quantitative estimate of drug-likeness (QED) is 0.321. The first-order valence-electron chi connectivity index (χ1n) is 7.84. The molecular weight excluding hydrogens is 426 g/mol. The third-order valence-corrected chi connectivity index (χ3v) is 3.16. The fourth-order valence-corrected chi connectivity index (χ4v) is 1.96. The Bertz CT molecular complexity index is 863. The Morgan fingerprint density at radius 1 is 1.13 bits per heavy atom. The molecule has 1 heterocycles. The number of anilines is 4. The molecule has 0 atom stereocenters. The third-order valence-electron chi connectivity index (χ3n) is 3.16. The molecule has 0 aliphatic heterocycles. The van der Waals surface area contributed by atoms with E-state index in [1.165, 1.54) is 24.3 Å². The molecule has 15 heteroatoms. The molecule has 0 unspecified atom stereocenters. The summed E-state index contributed by atoms with van der Waals surface area (Å²) in [5.41, 5.74) is -0.137. The molecule has 2 rings (SSSR count). The van der Waals surface area contributed by atoms with Crippen LogP contribution in [0.2, 0.25) is 0 Å². The second kappa shape index (κ2) is 9.00. The molecule has 30 heavy (non-hydrogen) atoms. The zero-order chi connectivity index (χ0) is 22.5. The number of hydrogen-bond donors (Lipinski definition) is 3. The Morgan fingerprint density at radius 3 is 2.33 bits per heavy atom. The molecule has 0 spiro atoms. The lowest BCUT2D eigenvalue weighted by atomic mass is 10.3. The standard InChI is InChI=1S/C15H13F6N6O3/c1-2-6-22-11-24-12(23-8-4-3-5-9(7-8)27(28)29)26-13(25-11)30-10(14(16,17)18)15(19,20)21/h2-5,7,10,28H,1,6H2,(H2,22,23,24,25,26)/q-1. The highest BCUT2D eigenvalue weighted by Crippen LogP contribution is 2.36. The van der Waals surface area contributed by atoms with Crippen molar-refractivity contribution in [2.45, 2.75) is 18.5 Å². The highest BCUT2D eigenvalue weighted by atomic mass is 19.4. The number of ether oxygens (including phenoxy) is 1. The number of rotatable bonds is 8. The van der Waals surface area contributed by atoms with Crippen LogP contribution in [0.15, 0.2) is 36.9 Å². The first kappa shape index (κ1) is 23.0. The van der Waals surface area contributed by atoms with Gasteiger partial charge in [0.15, 0.2) is 0 Å². The van der Waals surface area contributed by atoms with E-state index in [4.69, 9.17) is 5.21 Å². The topological polar surface area (TPSA) is 118 Å². The zero-order valence-corrected chi connectivity index (χ0v) is 14.7. The lowest BCUT2D eigenvalue weighted by Gasteiger charge is -2.23. The number of hydrogen-bond acceptors (Lipinski definition) is 9. The zero-order valence-electron chi connectivity index (χ0n) is 14.7. The Morgan fingerprint density at radius 2 is 1.77 bits per heavy atom. The van der Waals surface area contributed by atoms with Gasteiger partial charge < -0.3 is 25.8 Å². The van der Waals surface area contributed by atoms with Crippen LogP contribution in [0.5, 0.6) is 6.01 Å². The van der Waals surface area contributed by atoms with Gasteiger partial charge in [-0.25, -0.2) is 0 Å². The number of halogens is 6. The second-order valence-corrected chi connectivity index (χ2v) is 5.46. The summed E-state index contributed by atoms with van der Waals surface area (Å²) < 4.78 is 80.5. The highest BCUT2D eigenvalue weighted by molar-refractivity contribution is 5.61. The summed E-state index contributed by atoms with van der Waals surface area (Å²) in [6.45, 7) is 3.42. The van der Waals surface area contributed by atoms with Gasteiger partial charge in [-0.05, 0) is 18.2 Å². The summed E-state index contributed by atoms with van der Waals surface area (Å²) in [5, 5.41) is 24.3. The Kier molecular flexibility index (Phi) is 6.88. The van der Waals surface area contributed by atoms with Crippen molar-refractivity contribution in [3.63, 3.8) is 0 Å². The lowest BCUT2D eigenvalue weighted by molar-refractivity contribution is -0.301. The average molecular weight is 439 g/mol. The van der Waals surface area contributed by atoms with Crippen molar-refractivity contribution in [2.24, 2.45) is 0 Å². The summed E-state index contributed by atoms with van der Waals surface area (Å²) in [6, 6.07) is 3.78. The molecule has 0 amide bonds. The van der Waals surface area contributed by atoms with Gasteiger partial charge in [-0.1, -0.05) is 12.1 Å². The molecule has 0 saturated heterocycles. The van der Waals surface area contributed by atoms with Crippen molar-refractivity contribution in [3.8, 4) is 6.01 Å². The summed E-state index contributed by atoms with van der Waals surface area (Å²) in [5.74, 6) is -0.906. The van der Waals surface area contributed by atoms with Gasteiger partial charge in [0.1, 0.15) is 0 Å². The van der Waals surface area contributed by atoms with Crippen LogP contribution in [-0.4, -0.2) is 45.2 Å². The van der Waals surface area contributed by atoms with E-state index in [1.54, 1.807) is 0 Å². The summed E-state index contributed by atoms with van der Waals surface area (Å²) >= 11 is 0. The SMILES string of the molecule is C=CCNc1nc(Nc2cccc(N([O-])O)c2)nc(OC(C(F)(F)F)C(F)(F)F)n1. The van der Waals surface area contributed by atoms with Crippen LogP contribution in [0.4, 0.5) is 49.6 Å². The number of benzene rings is 1. The van der Waals surface area contributed by atoms with Gasteiger partial charge >= 0.3 is 18.4 Å². The molecule has 0 fully saturated rings. The summed E-state index contributed by atoms with van der Waals surface area (Å²) in [4.78, 5) is 10.6. The van der Waals surface area contributed by atoms with E-state index in [1.807, 2.05) is 0 Å². The number of aromatic nitrogens is 3. The summed E-state index contributed by atoms with van der Waals surface area (Å²) in [6.07, 6.45) is -14.4. The van der Waals surface area contributed by atoms with Gasteiger partial charge in [0, 0.05) is 12.2 Å². The largest absolute Gasteiger partial charge is 0.733 e. The van der Waals surface area contributed by atoms with Gasteiger partial charge in [-0.15, -0.1) is 6.58 Å². The van der Waals surface area contributed by atoms with Crippen molar-refractivity contribution in [1.82, 2.24) is 15.0 Å². The van der Waals surface area contributed by atoms with E-state index in [0.29, 0.717) is 0 Å². The maximum absolute atomic E-state index is 12.8. The predicted molar refractivity (Wildman–Crippen MR) is 92.4 cm³/mol. The fourth-order valence-electron chi connectivity index (χ4n) is 1.96. The Balaban J connectivity index is 2.39. The molecule has 0 bridgehead atoms. The van der Waals surface area contributed by atoms with Gasteiger partial charge in [0.2, 0.25) is 11.9 Å². The molecule has 9 nitrogen and oxygen atoms in total. The Hall–Kier alpha value is -3.33. The average Bonchev–Trinajstić information content (AvgIpc) is 2.62. The molecule has 2 aromatic rings. The van der Waals surface area contributed by atoms with Gasteiger partial charge in [0.25, 0.3) is 6.10 Å². The predicted octanol–water partition coefficient (Wildman–Crippen LogP) is 3.78. The van der Waals surface area contributed by atoms with E-state index < -0.39 is 41.6 Å². The number of nitrogens with one attached hydrogen (secondary N) is 2. The first-order chi connectivity index (χ1) is 13.9. The van der Waals surface area contributed by atoms with E-state index in [-0.39, 0.29) is 17.9 Å². The van der Waals surface area contributed by atoms with Crippen LogP contribution >= 0.6 is 0 Å². The van der Waals surface area contributed by atoms with Crippen molar-refractivity contribution < 1.29 is 36.3 Å². The van der Waals surface area contributed by atoms with E-state index >= 15 is 0 Å². The van der Waals surface area contributed by atoms with E-state index in [0.717, 1.165) is 6.07 Å². The fraction of sp³-hybridized carbons (Fsp3) is 0.267. The minimum Gasteiger partial charge on any atom is -0.733 e. The minimum atomic E-state index is -5.78. The molecule has 3 N–H and O–H groups in total. The first-order valence-corrected chi connectivity index (χ1v) is 7.84. The van der Waals surface area contributed by atoms with Crippen molar-refractivity contribution in [1.29, 1.82) is 0 Å². The molecule has 164 valence electrons. The monoisotopic (exact) mass is 439 g/mol. The molecule has 1 aromatic heterocycles. The van der Waals surface area contributed by atoms with Crippen LogP contribution in [0, 0.1) is 5.21 Å². The molecule has 0 saturated carbocycles. The number of alkyl halides is 6. The van der Waals surface area contributed by atoms with Crippen molar-refractivity contribution >= 4 is 23.3 Å². The molecular formula is C15H13F6N6O3-. The molecule has 0 aliphatic rings. The third kappa shape index (κ3) is 6.35. The van der Waals surface area contributed by atoms with E-state index in [9.17, 15) is 31.5 Å². The summed E-state index contributed by atoms with van der Waals surface area (Å²) in [7, 11) is 0. The van der Waals surface area contributed by atoms with E-state index in [2.05, 4.69) is 36.9 Å². The van der Waals surface area contributed by atoms with Crippen LogP contribution < -0.4 is 20.6 Å². The van der Waals surface area contributed by atoms with Crippen LogP contribution in [0.25, 0.3) is 0 Å². The smallest absolute Gasteiger partial charge is 0.434 e. The lowest BCUT2D eigenvalue weighted by Crippen LogP contribution is -2.47. The Labute approximate surface area is 164 Å². The minimum absolute atomic E-state index is 0.0238. The van der Waals surface area contributed by atoms with Crippen LogP contribution in [0.1, 0.15) is 0 Å². The normalized spacial score (nSPS) is 11.9. The second-order valence-electron chi connectivity index (χ2n) is 5.46. The van der Waals surface area contributed by atoms with Crippen molar-refractivity contribution in [3.05, 3.63) is 42.1 Å². The maximum atomic E-state index is 12.8.